The number of aromatic nitrogens is 5. The number of carbonyl (C=O) groups excluding carboxylic acids is 2. The van der Waals surface area contributed by atoms with Gasteiger partial charge in [0.25, 0.3) is 5.91 Å². The Labute approximate surface area is 238 Å². The summed E-state index contributed by atoms with van der Waals surface area (Å²) in [4.78, 5) is 38.9. The van der Waals surface area contributed by atoms with Gasteiger partial charge in [-0.1, -0.05) is 12.1 Å². The van der Waals surface area contributed by atoms with Crippen LogP contribution in [0.4, 0.5) is 27.8 Å². The lowest BCUT2D eigenvalue weighted by Gasteiger charge is -2.19. The maximum Gasteiger partial charge on any atom is 0.435 e. The Bertz CT molecular complexity index is 1990. The van der Waals surface area contributed by atoms with E-state index in [1.54, 1.807) is 38.5 Å². The van der Waals surface area contributed by atoms with Crippen LogP contribution in [-0.2, 0) is 4.74 Å². The van der Waals surface area contributed by atoms with Crippen LogP contribution in [0.2, 0.25) is 0 Å². The molecule has 0 atom stereocenters. The highest BCUT2D eigenvalue weighted by atomic mass is 32.1. The summed E-state index contributed by atoms with van der Waals surface area (Å²) in [5.41, 5.74) is 9.11. The Balaban J connectivity index is 1.34. The van der Waals surface area contributed by atoms with Crippen LogP contribution in [0.1, 0.15) is 36.7 Å². The first-order valence-corrected chi connectivity index (χ1v) is 13.6. The number of ether oxygens (including phenoxy) is 1. The quantitative estimate of drug-likeness (QED) is 0.225. The van der Waals surface area contributed by atoms with Crippen molar-refractivity contribution < 1.29 is 14.3 Å². The van der Waals surface area contributed by atoms with Crippen molar-refractivity contribution in [2.45, 2.75) is 33.3 Å². The summed E-state index contributed by atoms with van der Waals surface area (Å²) >= 11 is 1.33. The van der Waals surface area contributed by atoms with Gasteiger partial charge in [0.2, 0.25) is 0 Å². The molecule has 1 amide bonds. The van der Waals surface area contributed by atoms with Crippen LogP contribution in [-0.4, -0.2) is 42.3 Å². The fourth-order valence-electron chi connectivity index (χ4n) is 4.52. The largest absolute Gasteiger partial charge is 0.442 e. The number of nitrogen functional groups attached to an aromatic ring is 1. The monoisotopic (exact) mass is 566 g/mol. The lowest BCUT2D eigenvalue weighted by molar-refractivity contribution is 0.0522. The maximum atomic E-state index is 13.4. The molecule has 0 saturated carbocycles. The zero-order chi connectivity index (χ0) is 28.9. The van der Waals surface area contributed by atoms with Crippen molar-refractivity contribution >= 4 is 78.2 Å². The Kier molecular flexibility index (Phi) is 6.26. The Hall–Kier alpha value is -5.10. The van der Waals surface area contributed by atoms with Crippen molar-refractivity contribution in [1.82, 2.24) is 24.7 Å². The second-order valence-electron chi connectivity index (χ2n) is 10.5. The summed E-state index contributed by atoms with van der Waals surface area (Å²) in [6.45, 7) is 7.35. The lowest BCUT2D eigenvalue weighted by Crippen LogP contribution is -2.27. The minimum Gasteiger partial charge on any atom is -0.442 e. The molecule has 4 aromatic heterocycles. The number of hydrogen-bond acceptors (Lipinski definition) is 10. The van der Waals surface area contributed by atoms with Gasteiger partial charge in [-0.3, -0.25) is 4.79 Å². The number of amides is 1. The van der Waals surface area contributed by atoms with Gasteiger partial charge in [0.1, 0.15) is 23.6 Å². The second kappa shape index (κ2) is 9.82. The average Bonchev–Trinajstić information content (AvgIpc) is 3.55. The fourth-order valence-corrected chi connectivity index (χ4v) is 5.43. The topological polar surface area (TPSA) is 150 Å². The van der Waals surface area contributed by atoms with Gasteiger partial charge >= 0.3 is 6.09 Å². The van der Waals surface area contributed by atoms with Gasteiger partial charge < -0.3 is 21.1 Å². The third-order valence-electron chi connectivity index (χ3n) is 6.42. The number of thiophene rings is 1. The summed E-state index contributed by atoms with van der Waals surface area (Å²) < 4.78 is 7.42. The van der Waals surface area contributed by atoms with Crippen LogP contribution in [0.5, 0.6) is 0 Å². The molecule has 11 nitrogen and oxygen atoms in total. The first-order chi connectivity index (χ1) is 19.6. The van der Waals surface area contributed by atoms with Gasteiger partial charge in [0.15, 0.2) is 0 Å². The van der Waals surface area contributed by atoms with E-state index in [4.69, 9.17) is 10.5 Å². The highest BCUT2D eigenvalue weighted by Crippen LogP contribution is 2.34. The first kappa shape index (κ1) is 26.1. The van der Waals surface area contributed by atoms with Gasteiger partial charge in [0.05, 0.1) is 33.2 Å². The van der Waals surface area contributed by atoms with Crippen LogP contribution in [0.15, 0.2) is 60.5 Å². The molecule has 6 aromatic rings. The Morgan fingerprint density at radius 2 is 1.88 bits per heavy atom. The number of rotatable bonds is 4. The Morgan fingerprint density at radius 1 is 1.05 bits per heavy atom. The molecule has 41 heavy (non-hydrogen) atoms. The molecular formula is C29H26N8O3S. The van der Waals surface area contributed by atoms with Gasteiger partial charge in [-0.25, -0.2) is 19.7 Å². The molecule has 0 aliphatic carbocycles. The number of carbonyl (C=O) groups is 2. The molecule has 0 fully saturated rings. The van der Waals surface area contributed by atoms with Crippen LogP contribution in [0.3, 0.4) is 0 Å². The fraction of sp³-hybridized carbons (Fsp3) is 0.172. The molecule has 0 unspecified atom stereocenters. The lowest BCUT2D eigenvalue weighted by atomic mass is 10.0. The third kappa shape index (κ3) is 4.89. The highest BCUT2D eigenvalue weighted by molar-refractivity contribution is 7.18. The zero-order valence-electron chi connectivity index (χ0n) is 22.7. The van der Waals surface area contributed by atoms with Crippen LogP contribution < -0.4 is 16.4 Å². The number of fused-ring (bicyclic) bond motifs is 3. The van der Waals surface area contributed by atoms with E-state index >= 15 is 0 Å². The molecule has 0 aliphatic rings. The van der Waals surface area contributed by atoms with E-state index in [0.717, 1.165) is 21.7 Å². The normalized spacial score (nSPS) is 11.7. The molecule has 0 bridgehead atoms. The molecule has 6 rings (SSSR count). The predicted octanol–water partition coefficient (Wildman–Crippen LogP) is 6.26. The third-order valence-corrected chi connectivity index (χ3v) is 7.41. The van der Waals surface area contributed by atoms with Crippen LogP contribution in [0, 0.1) is 6.92 Å². The first-order valence-electron chi connectivity index (χ1n) is 12.7. The SMILES string of the molecule is Cc1ccc2c(Nc3ccc4cnn(C(=O)OC(C)(C)C)c4c3)nccc2c1NC(=O)c1csc2c(N)ncnc12. The van der Waals surface area contributed by atoms with Crippen molar-refractivity contribution in [2.75, 3.05) is 16.4 Å². The van der Waals surface area contributed by atoms with Crippen molar-refractivity contribution in [3.8, 4) is 0 Å². The molecule has 0 saturated heterocycles. The summed E-state index contributed by atoms with van der Waals surface area (Å²) in [7, 11) is 0. The summed E-state index contributed by atoms with van der Waals surface area (Å²) in [5.74, 6) is 0.633. The number of aryl methyl sites for hydroxylation is 1. The number of nitrogens with two attached hydrogens (primary N) is 1. The average molecular weight is 567 g/mol. The number of benzene rings is 2. The van der Waals surface area contributed by atoms with E-state index in [0.29, 0.717) is 44.3 Å². The van der Waals surface area contributed by atoms with Crippen molar-refractivity contribution in [2.24, 2.45) is 0 Å². The molecule has 2 aromatic carbocycles. The maximum absolute atomic E-state index is 13.4. The van der Waals surface area contributed by atoms with Crippen molar-refractivity contribution in [3.63, 3.8) is 0 Å². The van der Waals surface area contributed by atoms with E-state index in [1.807, 2.05) is 43.3 Å². The van der Waals surface area contributed by atoms with E-state index in [2.05, 4.69) is 30.7 Å². The number of nitrogens with zero attached hydrogens (tertiary/aromatic N) is 5. The molecule has 0 radical (unpaired) electrons. The zero-order valence-corrected chi connectivity index (χ0v) is 23.5. The minimum absolute atomic E-state index is 0.294. The summed E-state index contributed by atoms with van der Waals surface area (Å²) in [5, 5.41) is 14.8. The van der Waals surface area contributed by atoms with Crippen LogP contribution >= 0.6 is 11.3 Å². The van der Waals surface area contributed by atoms with Gasteiger partial charge in [-0.2, -0.15) is 9.78 Å². The summed E-state index contributed by atoms with van der Waals surface area (Å²) in [6, 6.07) is 11.3. The number of nitrogens with one attached hydrogen (secondary N) is 2. The second-order valence-corrected chi connectivity index (χ2v) is 11.4. The molecule has 4 N–H and O–H groups in total. The summed E-state index contributed by atoms with van der Waals surface area (Å²) in [6.07, 6.45) is 4.09. The molecule has 4 heterocycles. The Morgan fingerprint density at radius 3 is 2.68 bits per heavy atom. The number of anilines is 4. The molecular weight excluding hydrogens is 540 g/mol. The van der Waals surface area contributed by atoms with E-state index < -0.39 is 11.7 Å². The predicted molar refractivity (Wildman–Crippen MR) is 161 cm³/mol. The van der Waals surface area contributed by atoms with Crippen molar-refractivity contribution in [3.05, 3.63) is 71.6 Å². The minimum atomic E-state index is -0.652. The molecule has 0 spiro atoms. The van der Waals surface area contributed by atoms with Crippen LogP contribution in [0.25, 0.3) is 31.9 Å². The van der Waals surface area contributed by atoms with E-state index in [1.165, 1.54) is 22.3 Å². The van der Waals surface area contributed by atoms with E-state index in [9.17, 15) is 9.59 Å². The van der Waals surface area contributed by atoms with Gasteiger partial charge in [-0.05, 0) is 57.5 Å². The van der Waals surface area contributed by atoms with E-state index in [-0.39, 0.29) is 5.91 Å². The standard InChI is InChI=1S/C29H26N8O3S/c1-15-5-8-19-18(22(15)36-27(38)20-13-41-24-23(20)32-14-33-25(24)30)9-10-31-26(19)35-17-7-6-16-12-34-37(21(16)11-17)28(39)40-29(2,3)4/h5-14H,1-4H3,(H,31,35)(H,36,38)(H2,30,32,33). The molecule has 12 heteroatoms. The number of pyridine rings is 1. The molecule has 0 aliphatic heterocycles. The van der Waals surface area contributed by atoms with Crippen molar-refractivity contribution in [1.29, 1.82) is 0 Å². The van der Waals surface area contributed by atoms with Gasteiger partial charge in [-0.15, -0.1) is 11.3 Å². The molecule has 206 valence electrons. The number of hydrogen-bond donors (Lipinski definition) is 3. The van der Waals surface area contributed by atoms with Gasteiger partial charge in [0, 0.05) is 33.4 Å². The highest BCUT2D eigenvalue weighted by Gasteiger charge is 2.21. The smallest absolute Gasteiger partial charge is 0.435 e.